The van der Waals surface area contributed by atoms with E-state index < -0.39 is 0 Å². The second-order valence-electron chi connectivity index (χ2n) is 6.46. The zero-order chi connectivity index (χ0) is 16.7. The minimum Gasteiger partial charge on any atom is -0.465 e. The highest BCUT2D eigenvalue weighted by molar-refractivity contribution is 5.93. The Morgan fingerprint density at radius 3 is 2.96 bits per heavy atom. The highest BCUT2D eigenvalue weighted by Crippen LogP contribution is 2.50. The Balaban J connectivity index is 1.83. The molecule has 1 N–H and O–H groups in total. The van der Waals surface area contributed by atoms with Crippen LogP contribution in [-0.4, -0.2) is 18.1 Å². The van der Waals surface area contributed by atoms with Crippen LogP contribution in [0, 0.1) is 12.8 Å². The molecule has 1 aromatic carbocycles. The first-order chi connectivity index (χ1) is 11.7. The van der Waals surface area contributed by atoms with E-state index in [1.165, 1.54) is 18.2 Å². The van der Waals surface area contributed by atoms with Crippen LogP contribution in [0.4, 0.5) is 5.69 Å². The lowest BCUT2D eigenvalue weighted by Gasteiger charge is -2.38. The molecule has 122 valence electrons. The Labute approximate surface area is 141 Å². The van der Waals surface area contributed by atoms with Crippen LogP contribution in [0.2, 0.25) is 0 Å². The van der Waals surface area contributed by atoms with Crippen molar-refractivity contribution in [1.29, 1.82) is 0 Å². The van der Waals surface area contributed by atoms with Crippen LogP contribution in [-0.2, 0) is 4.74 Å². The van der Waals surface area contributed by atoms with Crippen molar-refractivity contribution < 1.29 is 9.53 Å². The Morgan fingerprint density at radius 2 is 2.21 bits per heavy atom. The predicted octanol–water partition coefficient (Wildman–Crippen LogP) is 4.00. The molecule has 0 spiro atoms. The Morgan fingerprint density at radius 1 is 1.33 bits per heavy atom. The number of pyridine rings is 1. The average Bonchev–Trinajstić information content (AvgIpc) is 3.11. The lowest BCUT2D eigenvalue weighted by molar-refractivity contribution is 0.0600. The molecule has 1 aliphatic carbocycles. The van der Waals surface area contributed by atoms with E-state index >= 15 is 0 Å². The number of rotatable bonds is 2. The van der Waals surface area contributed by atoms with Gasteiger partial charge in [0, 0.05) is 24.0 Å². The zero-order valence-corrected chi connectivity index (χ0v) is 13.8. The summed E-state index contributed by atoms with van der Waals surface area (Å²) in [7, 11) is 1.42. The molecule has 2 heterocycles. The smallest absolute Gasteiger partial charge is 0.338 e. The molecular weight excluding hydrogens is 300 g/mol. The Kier molecular flexibility index (Phi) is 3.60. The van der Waals surface area contributed by atoms with Gasteiger partial charge < -0.3 is 10.1 Å². The normalized spacial score (nSPS) is 24.0. The van der Waals surface area contributed by atoms with Crippen LogP contribution in [0.1, 0.15) is 45.4 Å². The number of nitrogens with zero attached hydrogens (tertiary/aromatic N) is 1. The summed E-state index contributed by atoms with van der Waals surface area (Å²) in [6, 6.07) is 8.23. The number of benzene rings is 1. The number of carbonyl (C=O) groups is 1. The summed E-state index contributed by atoms with van der Waals surface area (Å²) < 4.78 is 4.92. The van der Waals surface area contributed by atoms with Gasteiger partial charge in [-0.15, -0.1) is 0 Å². The summed E-state index contributed by atoms with van der Waals surface area (Å²) >= 11 is 0. The summed E-state index contributed by atoms with van der Waals surface area (Å²) in [6.07, 6.45) is 9.33. The lowest BCUT2D eigenvalue weighted by Crippen LogP contribution is -2.30. The summed E-state index contributed by atoms with van der Waals surface area (Å²) in [5.41, 5.74) is 5.07. The van der Waals surface area contributed by atoms with Crippen LogP contribution >= 0.6 is 0 Å². The number of allylic oxidation sites excluding steroid dienone is 2. The molecule has 24 heavy (non-hydrogen) atoms. The number of hydrogen-bond donors (Lipinski definition) is 1. The minimum absolute atomic E-state index is 0.192. The SMILES string of the molecule is COC(=O)c1ccc2c(c1C)N[C@H](c1cccnc1)[C@H]1CC=C[C@H]21. The number of ether oxygens (including phenoxy) is 1. The fourth-order valence-electron chi connectivity index (χ4n) is 4.04. The number of nitrogens with one attached hydrogen (secondary N) is 1. The van der Waals surface area contributed by atoms with Crippen molar-refractivity contribution in [1.82, 2.24) is 4.98 Å². The summed E-state index contributed by atoms with van der Waals surface area (Å²) in [4.78, 5) is 16.3. The van der Waals surface area contributed by atoms with E-state index in [1.807, 2.05) is 25.3 Å². The van der Waals surface area contributed by atoms with Crippen LogP contribution in [0.5, 0.6) is 0 Å². The molecule has 0 fully saturated rings. The molecule has 0 saturated carbocycles. The summed E-state index contributed by atoms with van der Waals surface area (Å²) in [5, 5.41) is 3.68. The predicted molar refractivity (Wildman–Crippen MR) is 93.1 cm³/mol. The number of carbonyl (C=O) groups excluding carboxylic acids is 1. The fourth-order valence-corrected chi connectivity index (χ4v) is 4.04. The first-order valence-corrected chi connectivity index (χ1v) is 8.25. The van der Waals surface area contributed by atoms with Gasteiger partial charge in [-0.1, -0.05) is 24.3 Å². The molecule has 0 unspecified atom stereocenters. The second kappa shape index (κ2) is 5.78. The molecule has 4 rings (SSSR count). The van der Waals surface area contributed by atoms with Gasteiger partial charge in [0.15, 0.2) is 0 Å². The van der Waals surface area contributed by atoms with Crippen LogP contribution in [0.25, 0.3) is 0 Å². The maximum Gasteiger partial charge on any atom is 0.338 e. The van der Waals surface area contributed by atoms with Gasteiger partial charge in [0.05, 0.1) is 18.7 Å². The molecule has 2 aromatic rings. The standard InChI is InChI=1S/C20H20N2O2/c1-12-14(20(23)24-2)8-9-17-15-6-3-7-16(15)19(22-18(12)17)13-5-4-10-21-11-13/h3-6,8-11,15-16,19,22H,7H2,1-2H3/t15-,16-,19+/m0/s1. The van der Waals surface area contributed by atoms with Crippen molar-refractivity contribution in [2.24, 2.45) is 5.92 Å². The number of esters is 1. The second-order valence-corrected chi connectivity index (χ2v) is 6.46. The molecular formula is C20H20N2O2. The first kappa shape index (κ1) is 14.9. The molecule has 1 aromatic heterocycles. The van der Waals surface area contributed by atoms with Crippen LogP contribution < -0.4 is 5.32 Å². The zero-order valence-electron chi connectivity index (χ0n) is 13.8. The van der Waals surface area contributed by atoms with Crippen molar-refractivity contribution >= 4 is 11.7 Å². The maximum atomic E-state index is 12.0. The van der Waals surface area contributed by atoms with E-state index in [9.17, 15) is 4.79 Å². The lowest BCUT2D eigenvalue weighted by atomic mass is 9.76. The average molecular weight is 320 g/mol. The van der Waals surface area contributed by atoms with Crippen molar-refractivity contribution in [3.05, 3.63) is 71.1 Å². The number of methoxy groups -OCH3 is 1. The molecule has 0 saturated heterocycles. The minimum atomic E-state index is -0.292. The maximum absolute atomic E-state index is 12.0. The van der Waals surface area contributed by atoms with Crippen molar-refractivity contribution in [2.45, 2.75) is 25.3 Å². The van der Waals surface area contributed by atoms with Crippen LogP contribution in [0.3, 0.4) is 0 Å². The third kappa shape index (κ3) is 2.21. The first-order valence-electron chi connectivity index (χ1n) is 8.25. The molecule has 4 nitrogen and oxygen atoms in total. The Hall–Kier alpha value is -2.62. The Bertz CT molecular complexity index is 814. The van der Waals surface area contributed by atoms with Gasteiger partial charge in [-0.05, 0) is 48.1 Å². The van der Waals surface area contributed by atoms with Gasteiger partial charge in [-0.3, -0.25) is 4.98 Å². The van der Waals surface area contributed by atoms with Crippen molar-refractivity contribution in [3.63, 3.8) is 0 Å². The van der Waals surface area contributed by atoms with E-state index in [4.69, 9.17) is 4.74 Å². The highest BCUT2D eigenvalue weighted by Gasteiger charge is 2.39. The highest BCUT2D eigenvalue weighted by atomic mass is 16.5. The molecule has 0 radical (unpaired) electrons. The molecule has 0 amide bonds. The third-order valence-electron chi connectivity index (χ3n) is 5.25. The number of anilines is 1. The van der Waals surface area contributed by atoms with E-state index in [0.29, 0.717) is 17.4 Å². The van der Waals surface area contributed by atoms with Gasteiger partial charge in [0.1, 0.15) is 0 Å². The van der Waals surface area contributed by atoms with Gasteiger partial charge in [-0.25, -0.2) is 4.79 Å². The fraction of sp³-hybridized carbons (Fsp3) is 0.300. The largest absolute Gasteiger partial charge is 0.465 e. The molecule has 1 aliphatic heterocycles. The number of aromatic nitrogens is 1. The quantitative estimate of drug-likeness (QED) is 0.671. The summed E-state index contributed by atoms with van der Waals surface area (Å²) in [5.74, 6) is 0.557. The van der Waals surface area contributed by atoms with E-state index in [2.05, 4.69) is 34.6 Å². The molecule has 0 bridgehead atoms. The van der Waals surface area contributed by atoms with Gasteiger partial charge in [-0.2, -0.15) is 0 Å². The summed E-state index contributed by atoms with van der Waals surface area (Å²) in [6.45, 7) is 1.98. The number of fused-ring (bicyclic) bond motifs is 3. The van der Waals surface area contributed by atoms with Gasteiger partial charge in [0.25, 0.3) is 0 Å². The van der Waals surface area contributed by atoms with E-state index in [0.717, 1.165) is 17.7 Å². The van der Waals surface area contributed by atoms with Gasteiger partial charge in [0.2, 0.25) is 0 Å². The van der Waals surface area contributed by atoms with E-state index in [-0.39, 0.29) is 12.0 Å². The topological polar surface area (TPSA) is 51.2 Å². The van der Waals surface area contributed by atoms with Crippen LogP contribution in [0.15, 0.2) is 48.8 Å². The molecule has 2 aliphatic rings. The van der Waals surface area contributed by atoms with Crippen molar-refractivity contribution in [3.8, 4) is 0 Å². The molecule has 3 atom stereocenters. The van der Waals surface area contributed by atoms with Crippen molar-refractivity contribution in [2.75, 3.05) is 12.4 Å². The number of hydrogen-bond acceptors (Lipinski definition) is 4. The van der Waals surface area contributed by atoms with Gasteiger partial charge >= 0.3 is 5.97 Å². The molecule has 4 heteroatoms. The monoisotopic (exact) mass is 320 g/mol. The van der Waals surface area contributed by atoms with E-state index in [1.54, 1.807) is 6.20 Å². The third-order valence-corrected chi connectivity index (χ3v) is 5.25.